The number of morpholine rings is 1. The van der Waals surface area contributed by atoms with Crippen molar-refractivity contribution in [3.63, 3.8) is 0 Å². The van der Waals surface area contributed by atoms with E-state index < -0.39 is 0 Å². The summed E-state index contributed by atoms with van der Waals surface area (Å²) in [5.74, 6) is 0. The number of nitrogens with zero attached hydrogens (tertiary/aromatic N) is 1. The van der Waals surface area contributed by atoms with E-state index in [9.17, 15) is 0 Å². The first-order valence-corrected chi connectivity index (χ1v) is 5.62. The third-order valence-corrected chi connectivity index (χ3v) is 3.08. The molecule has 0 saturated carbocycles. The topological polar surface area (TPSA) is 12.5 Å². The molecule has 1 fully saturated rings. The van der Waals surface area contributed by atoms with Crippen LogP contribution in [-0.2, 0) is 11.3 Å². The Balaban J connectivity index is 2.00. The summed E-state index contributed by atoms with van der Waals surface area (Å²) in [5, 5.41) is 0. The van der Waals surface area contributed by atoms with Crippen molar-refractivity contribution in [2.45, 2.75) is 20.4 Å². The largest absolute Gasteiger partial charge is 0.379 e. The van der Waals surface area contributed by atoms with Gasteiger partial charge >= 0.3 is 0 Å². The summed E-state index contributed by atoms with van der Waals surface area (Å²) in [4.78, 5) is 2.45. The van der Waals surface area contributed by atoms with Crippen molar-refractivity contribution >= 4 is 0 Å². The monoisotopic (exact) mass is 205 g/mol. The molecule has 1 aromatic rings. The summed E-state index contributed by atoms with van der Waals surface area (Å²) in [7, 11) is 0. The zero-order valence-electron chi connectivity index (χ0n) is 9.62. The fraction of sp³-hybridized carbons (Fsp3) is 0.538. The molecule has 0 spiro atoms. The number of benzene rings is 1. The molecule has 0 radical (unpaired) electrons. The van der Waals surface area contributed by atoms with Crippen LogP contribution in [0.5, 0.6) is 0 Å². The van der Waals surface area contributed by atoms with Crippen molar-refractivity contribution in [1.82, 2.24) is 4.90 Å². The average molecular weight is 205 g/mol. The maximum absolute atomic E-state index is 5.34. The van der Waals surface area contributed by atoms with Crippen molar-refractivity contribution < 1.29 is 4.74 Å². The first kappa shape index (κ1) is 10.7. The maximum atomic E-state index is 5.34. The van der Waals surface area contributed by atoms with Crippen LogP contribution in [0.4, 0.5) is 0 Å². The van der Waals surface area contributed by atoms with Crippen LogP contribution >= 0.6 is 0 Å². The number of hydrogen-bond donors (Lipinski definition) is 0. The second-order valence-electron chi connectivity index (χ2n) is 4.31. The van der Waals surface area contributed by atoms with Gasteiger partial charge < -0.3 is 4.74 Å². The van der Waals surface area contributed by atoms with Gasteiger partial charge in [0, 0.05) is 19.6 Å². The van der Waals surface area contributed by atoms with E-state index in [1.54, 1.807) is 0 Å². The van der Waals surface area contributed by atoms with Gasteiger partial charge in [-0.05, 0) is 30.5 Å². The minimum absolute atomic E-state index is 0.880. The zero-order valence-corrected chi connectivity index (χ0v) is 9.62. The first-order chi connectivity index (χ1) is 7.25. The third kappa shape index (κ3) is 2.80. The second-order valence-corrected chi connectivity index (χ2v) is 4.31. The molecule has 0 aromatic heterocycles. The molecule has 0 aliphatic carbocycles. The van der Waals surface area contributed by atoms with Crippen molar-refractivity contribution in [2.75, 3.05) is 26.3 Å². The molecule has 1 saturated heterocycles. The lowest BCUT2D eigenvalue weighted by Crippen LogP contribution is -2.35. The van der Waals surface area contributed by atoms with E-state index in [1.807, 2.05) is 0 Å². The molecular formula is C13H19NO. The molecular weight excluding hydrogens is 186 g/mol. The second kappa shape index (κ2) is 4.77. The number of rotatable bonds is 2. The van der Waals surface area contributed by atoms with E-state index in [-0.39, 0.29) is 0 Å². The Bertz CT molecular complexity index is 329. The maximum Gasteiger partial charge on any atom is 0.0594 e. The number of aryl methyl sites for hydroxylation is 2. The highest BCUT2D eigenvalue weighted by Gasteiger charge is 2.10. The average Bonchev–Trinajstić information content (AvgIpc) is 2.25. The molecule has 15 heavy (non-hydrogen) atoms. The summed E-state index contributed by atoms with van der Waals surface area (Å²) in [5.41, 5.74) is 4.18. The van der Waals surface area contributed by atoms with Crippen LogP contribution in [0, 0.1) is 13.8 Å². The molecule has 1 heterocycles. The molecule has 2 rings (SSSR count). The normalized spacial score (nSPS) is 18.0. The van der Waals surface area contributed by atoms with Crippen LogP contribution < -0.4 is 0 Å². The lowest BCUT2D eigenvalue weighted by Gasteiger charge is -2.26. The fourth-order valence-electron chi connectivity index (χ4n) is 1.92. The minimum Gasteiger partial charge on any atom is -0.379 e. The van der Waals surface area contributed by atoms with Crippen LogP contribution in [0.25, 0.3) is 0 Å². The molecule has 1 aromatic carbocycles. The van der Waals surface area contributed by atoms with E-state index in [0.717, 1.165) is 32.8 Å². The summed E-state index contributed by atoms with van der Waals surface area (Å²) >= 11 is 0. The molecule has 0 N–H and O–H groups in total. The molecule has 1 aliphatic heterocycles. The fourth-order valence-corrected chi connectivity index (χ4v) is 1.92. The quantitative estimate of drug-likeness (QED) is 0.733. The molecule has 2 heteroatoms. The van der Waals surface area contributed by atoms with E-state index in [4.69, 9.17) is 4.74 Å². The van der Waals surface area contributed by atoms with Crippen LogP contribution in [-0.4, -0.2) is 31.2 Å². The Morgan fingerprint density at radius 1 is 1.13 bits per heavy atom. The van der Waals surface area contributed by atoms with Gasteiger partial charge in [0.15, 0.2) is 0 Å². The van der Waals surface area contributed by atoms with Crippen LogP contribution in [0.15, 0.2) is 18.2 Å². The Labute approximate surface area is 91.9 Å². The van der Waals surface area contributed by atoms with Gasteiger partial charge in [-0.15, -0.1) is 0 Å². The smallest absolute Gasteiger partial charge is 0.0594 e. The van der Waals surface area contributed by atoms with Gasteiger partial charge in [0.25, 0.3) is 0 Å². The lowest BCUT2D eigenvalue weighted by molar-refractivity contribution is 0.0342. The van der Waals surface area contributed by atoms with Crippen molar-refractivity contribution in [1.29, 1.82) is 0 Å². The SMILES string of the molecule is Cc1ccc(CN2CCOCC2)cc1C. The van der Waals surface area contributed by atoms with E-state index in [0.29, 0.717) is 0 Å². The molecule has 0 bridgehead atoms. The van der Waals surface area contributed by atoms with E-state index in [1.165, 1.54) is 16.7 Å². The van der Waals surface area contributed by atoms with Crippen molar-refractivity contribution in [3.8, 4) is 0 Å². The van der Waals surface area contributed by atoms with E-state index >= 15 is 0 Å². The third-order valence-electron chi connectivity index (χ3n) is 3.08. The van der Waals surface area contributed by atoms with Gasteiger partial charge in [0.2, 0.25) is 0 Å². The molecule has 0 atom stereocenters. The summed E-state index contributed by atoms with van der Waals surface area (Å²) in [6, 6.07) is 6.74. The summed E-state index contributed by atoms with van der Waals surface area (Å²) in [6.45, 7) is 9.28. The highest BCUT2D eigenvalue weighted by molar-refractivity contribution is 5.29. The van der Waals surface area contributed by atoms with Crippen LogP contribution in [0.1, 0.15) is 16.7 Å². The molecule has 1 aliphatic rings. The molecule has 2 nitrogen and oxygen atoms in total. The summed E-state index contributed by atoms with van der Waals surface area (Å²) < 4.78 is 5.34. The first-order valence-electron chi connectivity index (χ1n) is 5.62. The van der Waals surface area contributed by atoms with Gasteiger partial charge in [0.1, 0.15) is 0 Å². The standard InChI is InChI=1S/C13H19NO/c1-11-3-4-13(9-12(11)2)10-14-5-7-15-8-6-14/h3-4,9H,5-8,10H2,1-2H3. The molecule has 0 unspecified atom stereocenters. The Kier molecular flexibility index (Phi) is 3.39. The zero-order chi connectivity index (χ0) is 10.7. The highest BCUT2D eigenvalue weighted by Crippen LogP contribution is 2.12. The molecule has 0 amide bonds. The van der Waals surface area contributed by atoms with Gasteiger partial charge in [-0.25, -0.2) is 0 Å². The molecule has 82 valence electrons. The lowest BCUT2D eigenvalue weighted by atomic mass is 10.1. The van der Waals surface area contributed by atoms with Gasteiger partial charge in [-0.3, -0.25) is 4.90 Å². The predicted molar refractivity (Wildman–Crippen MR) is 62.0 cm³/mol. The Morgan fingerprint density at radius 2 is 1.87 bits per heavy atom. The van der Waals surface area contributed by atoms with Crippen molar-refractivity contribution in [3.05, 3.63) is 34.9 Å². The minimum atomic E-state index is 0.880. The van der Waals surface area contributed by atoms with Gasteiger partial charge in [0.05, 0.1) is 13.2 Å². The van der Waals surface area contributed by atoms with Crippen LogP contribution in [0.3, 0.4) is 0 Å². The van der Waals surface area contributed by atoms with Gasteiger partial charge in [-0.1, -0.05) is 18.2 Å². The van der Waals surface area contributed by atoms with E-state index in [2.05, 4.69) is 36.9 Å². The van der Waals surface area contributed by atoms with Crippen LogP contribution in [0.2, 0.25) is 0 Å². The highest BCUT2D eigenvalue weighted by atomic mass is 16.5. The van der Waals surface area contributed by atoms with Gasteiger partial charge in [-0.2, -0.15) is 0 Å². The Hall–Kier alpha value is -0.860. The predicted octanol–water partition coefficient (Wildman–Crippen LogP) is 2.14. The van der Waals surface area contributed by atoms with Crippen molar-refractivity contribution in [2.24, 2.45) is 0 Å². The number of hydrogen-bond acceptors (Lipinski definition) is 2. The Morgan fingerprint density at radius 3 is 2.53 bits per heavy atom. The number of ether oxygens (including phenoxy) is 1. The summed E-state index contributed by atoms with van der Waals surface area (Å²) in [6.07, 6.45) is 0.